The highest BCUT2D eigenvalue weighted by Gasteiger charge is 2.37. The summed E-state index contributed by atoms with van der Waals surface area (Å²) in [6.07, 6.45) is 3.53. The van der Waals surface area contributed by atoms with Gasteiger partial charge in [-0.05, 0) is 48.2 Å². The van der Waals surface area contributed by atoms with Gasteiger partial charge in [0.05, 0.1) is 19.1 Å². The fourth-order valence-electron chi connectivity index (χ4n) is 2.83. The summed E-state index contributed by atoms with van der Waals surface area (Å²) in [4.78, 5) is 16.6. The Balaban J connectivity index is 2.52. The van der Waals surface area contributed by atoms with Crippen LogP contribution in [0.25, 0.3) is 0 Å². The van der Waals surface area contributed by atoms with Gasteiger partial charge in [-0.3, -0.25) is 9.78 Å². The van der Waals surface area contributed by atoms with E-state index in [-0.39, 0.29) is 17.4 Å². The van der Waals surface area contributed by atoms with Gasteiger partial charge in [-0.2, -0.15) is 4.31 Å². The number of methoxy groups -OCH3 is 2. The van der Waals surface area contributed by atoms with E-state index in [9.17, 15) is 13.2 Å². The number of esters is 1. The van der Waals surface area contributed by atoms with Crippen LogP contribution in [0.5, 0.6) is 5.75 Å². The zero-order valence-electron chi connectivity index (χ0n) is 16.5. The lowest BCUT2D eigenvalue weighted by atomic mass is 10.0. The van der Waals surface area contributed by atoms with Crippen LogP contribution in [-0.2, 0) is 26.1 Å². The van der Waals surface area contributed by atoms with E-state index in [1.165, 1.54) is 30.7 Å². The van der Waals surface area contributed by atoms with E-state index in [1.807, 2.05) is 13.8 Å². The molecule has 1 atom stereocenters. The first-order valence-electron chi connectivity index (χ1n) is 8.92. The van der Waals surface area contributed by atoms with Crippen molar-refractivity contribution < 1.29 is 22.7 Å². The zero-order valence-corrected chi connectivity index (χ0v) is 17.3. The molecule has 1 heterocycles. The van der Waals surface area contributed by atoms with Crippen LogP contribution in [-0.4, -0.2) is 43.9 Å². The molecular formula is C20H26N2O5S. The molecule has 0 fully saturated rings. The maximum absolute atomic E-state index is 13.4. The molecule has 0 bridgehead atoms. The molecule has 0 N–H and O–H groups in total. The number of nitrogens with zero attached hydrogens (tertiary/aromatic N) is 2. The lowest BCUT2D eigenvalue weighted by molar-refractivity contribution is -0.145. The standard InChI is InChI=1S/C20H26N2O5S/c1-15(2)12-19(20(23)27-4)22(14-16-6-5-11-21-13-16)28(24,25)18-9-7-17(26-3)8-10-18/h5-11,13,15,19H,12,14H2,1-4H3/t19-/m1/s1. The Morgan fingerprint density at radius 3 is 2.32 bits per heavy atom. The van der Waals surface area contributed by atoms with E-state index in [0.29, 0.717) is 17.7 Å². The summed E-state index contributed by atoms with van der Waals surface area (Å²) in [7, 11) is -1.21. The Labute approximate surface area is 166 Å². The first-order valence-corrected chi connectivity index (χ1v) is 10.4. The summed E-state index contributed by atoms with van der Waals surface area (Å²) in [6.45, 7) is 3.87. The van der Waals surface area contributed by atoms with Gasteiger partial charge in [0.25, 0.3) is 0 Å². The van der Waals surface area contributed by atoms with Gasteiger partial charge in [0.1, 0.15) is 11.8 Å². The van der Waals surface area contributed by atoms with Crippen LogP contribution in [0, 0.1) is 5.92 Å². The average Bonchev–Trinajstić information content (AvgIpc) is 2.70. The van der Waals surface area contributed by atoms with Crippen molar-refractivity contribution in [3.8, 4) is 5.75 Å². The smallest absolute Gasteiger partial charge is 0.324 e. The van der Waals surface area contributed by atoms with Crippen LogP contribution >= 0.6 is 0 Å². The average molecular weight is 407 g/mol. The highest BCUT2D eigenvalue weighted by Crippen LogP contribution is 2.26. The molecule has 8 heteroatoms. The Morgan fingerprint density at radius 1 is 1.14 bits per heavy atom. The monoisotopic (exact) mass is 406 g/mol. The molecule has 7 nitrogen and oxygen atoms in total. The van der Waals surface area contributed by atoms with E-state index < -0.39 is 22.0 Å². The van der Waals surface area contributed by atoms with E-state index in [4.69, 9.17) is 9.47 Å². The summed E-state index contributed by atoms with van der Waals surface area (Å²) in [6, 6.07) is 8.63. The molecule has 0 aliphatic rings. The number of pyridine rings is 1. The lowest BCUT2D eigenvalue weighted by Gasteiger charge is -2.30. The number of carbonyl (C=O) groups is 1. The number of hydrogen-bond donors (Lipinski definition) is 0. The predicted molar refractivity (Wildman–Crippen MR) is 105 cm³/mol. The molecule has 0 spiro atoms. The maximum atomic E-state index is 13.4. The molecule has 0 unspecified atom stereocenters. The number of ether oxygens (including phenoxy) is 2. The second kappa shape index (κ2) is 9.66. The number of sulfonamides is 1. The number of rotatable bonds is 9. The maximum Gasteiger partial charge on any atom is 0.324 e. The minimum absolute atomic E-state index is 0.00862. The molecular weight excluding hydrogens is 380 g/mol. The molecule has 1 aromatic carbocycles. The number of benzene rings is 1. The Bertz CT molecular complexity index is 867. The minimum Gasteiger partial charge on any atom is -0.497 e. The van der Waals surface area contributed by atoms with Gasteiger partial charge >= 0.3 is 5.97 Å². The van der Waals surface area contributed by atoms with Crippen molar-refractivity contribution in [3.63, 3.8) is 0 Å². The second-order valence-corrected chi connectivity index (χ2v) is 8.65. The first kappa shape index (κ1) is 21.8. The van der Waals surface area contributed by atoms with Crippen LogP contribution in [0.4, 0.5) is 0 Å². The van der Waals surface area contributed by atoms with Crippen molar-refractivity contribution in [1.29, 1.82) is 0 Å². The molecule has 0 radical (unpaired) electrons. The van der Waals surface area contributed by atoms with Gasteiger partial charge in [-0.25, -0.2) is 8.42 Å². The summed E-state index contributed by atoms with van der Waals surface area (Å²) >= 11 is 0. The summed E-state index contributed by atoms with van der Waals surface area (Å²) in [5, 5.41) is 0. The molecule has 1 aromatic heterocycles. The van der Waals surface area contributed by atoms with Gasteiger partial charge in [-0.15, -0.1) is 0 Å². The molecule has 152 valence electrons. The lowest BCUT2D eigenvalue weighted by Crippen LogP contribution is -2.45. The second-order valence-electron chi connectivity index (χ2n) is 6.76. The van der Waals surface area contributed by atoms with Gasteiger partial charge in [0.2, 0.25) is 10.0 Å². The molecule has 0 aliphatic carbocycles. The van der Waals surface area contributed by atoms with Crippen LogP contribution in [0.1, 0.15) is 25.8 Å². The van der Waals surface area contributed by atoms with E-state index in [1.54, 1.807) is 36.7 Å². The molecule has 2 rings (SSSR count). The van der Waals surface area contributed by atoms with Crippen LogP contribution in [0.15, 0.2) is 53.7 Å². The molecule has 0 amide bonds. The van der Waals surface area contributed by atoms with Crippen molar-refractivity contribution in [2.75, 3.05) is 14.2 Å². The van der Waals surface area contributed by atoms with Crippen LogP contribution in [0.3, 0.4) is 0 Å². The van der Waals surface area contributed by atoms with Crippen LogP contribution < -0.4 is 4.74 Å². The highest BCUT2D eigenvalue weighted by atomic mass is 32.2. The van der Waals surface area contributed by atoms with Crippen molar-refractivity contribution in [2.24, 2.45) is 5.92 Å². The summed E-state index contributed by atoms with van der Waals surface area (Å²) in [5.74, 6) is 0.0469. The number of aromatic nitrogens is 1. The van der Waals surface area contributed by atoms with Crippen molar-refractivity contribution in [3.05, 3.63) is 54.4 Å². The first-order chi connectivity index (χ1) is 13.3. The quantitative estimate of drug-likeness (QED) is 0.595. The third-order valence-corrected chi connectivity index (χ3v) is 6.11. The third-order valence-electron chi connectivity index (χ3n) is 4.24. The summed E-state index contributed by atoms with van der Waals surface area (Å²) < 4.78 is 38.1. The van der Waals surface area contributed by atoms with Crippen molar-refractivity contribution >= 4 is 16.0 Å². The van der Waals surface area contributed by atoms with E-state index in [0.717, 1.165) is 0 Å². The Hall–Kier alpha value is -2.45. The third kappa shape index (κ3) is 5.30. The Kier molecular flexibility index (Phi) is 7.53. The van der Waals surface area contributed by atoms with Gasteiger partial charge in [0, 0.05) is 18.9 Å². The highest BCUT2D eigenvalue weighted by molar-refractivity contribution is 7.89. The van der Waals surface area contributed by atoms with Gasteiger partial charge < -0.3 is 9.47 Å². The summed E-state index contributed by atoms with van der Waals surface area (Å²) in [5.41, 5.74) is 0.678. The largest absolute Gasteiger partial charge is 0.497 e. The molecule has 28 heavy (non-hydrogen) atoms. The topological polar surface area (TPSA) is 85.8 Å². The van der Waals surface area contributed by atoms with Gasteiger partial charge in [-0.1, -0.05) is 19.9 Å². The van der Waals surface area contributed by atoms with Crippen LogP contribution in [0.2, 0.25) is 0 Å². The molecule has 2 aromatic rings. The van der Waals surface area contributed by atoms with Crippen molar-refractivity contribution in [1.82, 2.24) is 9.29 Å². The van der Waals surface area contributed by atoms with E-state index in [2.05, 4.69) is 4.98 Å². The van der Waals surface area contributed by atoms with Gasteiger partial charge in [0.15, 0.2) is 0 Å². The molecule has 0 saturated heterocycles. The van der Waals surface area contributed by atoms with E-state index >= 15 is 0 Å². The fourth-order valence-corrected chi connectivity index (χ4v) is 4.41. The number of carbonyl (C=O) groups excluding carboxylic acids is 1. The molecule has 0 saturated carbocycles. The fraction of sp³-hybridized carbons (Fsp3) is 0.400. The minimum atomic E-state index is -3.98. The molecule has 0 aliphatic heterocycles. The normalized spacial score (nSPS) is 12.8. The number of hydrogen-bond acceptors (Lipinski definition) is 6. The SMILES string of the molecule is COC(=O)[C@@H](CC(C)C)N(Cc1cccnc1)S(=O)(=O)c1ccc(OC)cc1. The zero-order chi connectivity index (χ0) is 20.7. The van der Waals surface area contributed by atoms with Crippen molar-refractivity contribution in [2.45, 2.75) is 37.8 Å². The Morgan fingerprint density at radius 2 is 1.82 bits per heavy atom. The predicted octanol–water partition coefficient (Wildman–Crippen LogP) is 2.87.